The van der Waals surface area contributed by atoms with Gasteiger partial charge in [-0.2, -0.15) is 0 Å². The molecule has 2 aromatic carbocycles. The summed E-state index contributed by atoms with van der Waals surface area (Å²) in [6.07, 6.45) is 4.14. The molecule has 0 atom stereocenters. The van der Waals surface area contributed by atoms with Crippen LogP contribution in [0.3, 0.4) is 0 Å². The summed E-state index contributed by atoms with van der Waals surface area (Å²) < 4.78 is 20.5. The van der Waals surface area contributed by atoms with Crippen molar-refractivity contribution in [3.05, 3.63) is 64.4 Å². The SMILES string of the molecule is CC1(C)C=C(c2cc(-c3ccc(Cl)cc3F)ccc2C2CC2)C(=O)C(C)(C)O1. The number of ether oxygens (including phenoxy) is 1. The van der Waals surface area contributed by atoms with E-state index in [0.717, 1.165) is 29.5 Å². The zero-order valence-corrected chi connectivity index (χ0v) is 17.4. The molecule has 0 radical (unpaired) electrons. The van der Waals surface area contributed by atoms with Gasteiger partial charge in [0.25, 0.3) is 0 Å². The first-order valence-corrected chi connectivity index (χ1v) is 10.0. The van der Waals surface area contributed by atoms with E-state index in [9.17, 15) is 9.18 Å². The van der Waals surface area contributed by atoms with Crippen LogP contribution in [-0.4, -0.2) is 17.0 Å². The molecule has 0 spiro atoms. The molecule has 0 aromatic heterocycles. The Bertz CT molecular complexity index is 1000. The number of hydrogen-bond donors (Lipinski definition) is 0. The molecule has 0 bridgehead atoms. The predicted molar refractivity (Wildman–Crippen MR) is 111 cm³/mol. The lowest BCUT2D eigenvalue weighted by molar-refractivity contribution is -0.150. The second-order valence-corrected chi connectivity index (χ2v) is 9.24. The highest BCUT2D eigenvalue weighted by atomic mass is 35.5. The first-order valence-electron chi connectivity index (χ1n) is 9.65. The second-order valence-electron chi connectivity index (χ2n) is 8.80. The molecule has 0 unspecified atom stereocenters. The highest BCUT2D eigenvalue weighted by molar-refractivity contribution is 6.30. The molecule has 0 saturated heterocycles. The Morgan fingerprint density at radius 1 is 1.04 bits per heavy atom. The minimum atomic E-state index is -0.907. The molecule has 4 rings (SSSR count). The number of Topliss-reactive ketones (excluding diaryl/α,β-unsaturated/α-hetero) is 1. The molecule has 0 amide bonds. The standard InChI is InChI=1S/C24H24ClFO2/c1-23(2)13-20(22(27)24(3,4)28-23)19-11-15(7-9-17(19)14-5-6-14)18-10-8-16(25)12-21(18)26/h7-14H,5-6H2,1-4H3. The smallest absolute Gasteiger partial charge is 0.194 e. The van der Waals surface area contributed by atoms with Gasteiger partial charge >= 0.3 is 0 Å². The summed E-state index contributed by atoms with van der Waals surface area (Å²) >= 11 is 5.91. The summed E-state index contributed by atoms with van der Waals surface area (Å²) in [6.45, 7) is 7.54. The Labute approximate surface area is 170 Å². The van der Waals surface area contributed by atoms with Gasteiger partial charge in [0.15, 0.2) is 5.78 Å². The summed E-state index contributed by atoms with van der Waals surface area (Å²) in [4.78, 5) is 13.2. The van der Waals surface area contributed by atoms with E-state index in [1.54, 1.807) is 12.1 Å². The predicted octanol–water partition coefficient (Wildman–Crippen LogP) is 6.56. The van der Waals surface area contributed by atoms with Crippen LogP contribution in [0.2, 0.25) is 5.02 Å². The van der Waals surface area contributed by atoms with Crippen LogP contribution in [0.1, 0.15) is 57.6 Å². The molecule has 2 aromatic rings. The largest absolute Gasteiger partial charge is 0.357 e. The highest BCUT2D eigenvalue weighted by Gasteiger charge is 2.42. The van der Waals surface area contributed by atoms with Gasteiger partial charge in [-0.3, -0.25) is 4.79 Å². The van der Waals surface area contributed by atoms with Crippen molar-refractivity contribution in [2.24, 2.45) is 0 Å². The third kappa shape index (κ3) is 3.54. The van der Waals surface area contributed by atoms with E-state index in [0.29, 0.717) is 22.1 Å². The highest BCUT2D eigenvalue weighted by Crippen LogP contribution is 2.46. The molecule has 1 fully saturated rings. The Hall–Kier alpha value is -1.97. The average Bonchev–Trinajstić information content (AvgIpc) is 3.42. The van der Waals surface area contributed by atoms with E-state index in [4.69, 9.17) is 16.3 Å². The number of ketones is 1. The Morgan fingerprint density at radius 3 is 2.39 bits per heavy atom. The summed E-state index contributed by atoms with van der Waals surface area (Å²) in [5.74, 6) is 0.0508. The van der Waals surface area contributed by atoms with Gasteiger partial charge in [-0.15, -0.1) is 0 Å². The van der Waals surface area contributed by atoms with Crippen molar-refractivity contribution in [3.63, 3.8) is 0 Å². The van der Waals surface area contributed by atoms with Crippen molar-refractivity contribution in [1.29, 1.82) is 0 Å². The van der Waals surface area contributed by atoms with E-state index in [1.165, 1.54) is 6.07 Å². The summed E-state index contributed by atoms with van der Waals surface area (Å²) in [5.41, 5.74) is 2.47. The maximum Gasteiger partial charge on any atom is 0.194 e. The van der Waals surface area contributed by atoms with Crippen LogP contribution < -0.4 is 0 Å². The third-order valence-corrected chi connectivity index (χ3v) is 5.64. The topological polar surface area (TPSA) is 26.3 Å². The Balaban J connectivity index is 1.90. The molecule has 2 aliphatic rings. The van der Waals surface area contributed by atoms with E-state index >= 15 is 0 Å². The van der Waals surface area contributed by atoms with Gasteiger partial charge in [-0.1, -0.05) is 23.7 Å². The lowest BCUT2D eigenvalue weighted by Crippen LogP contribution is -2.46. The maximum atomic E-state index is 14.5. The van der Waals surface area contributed by atoms with Crippen LogP contribution >= 0.6 is 11.6 Å². The summed E-state index contributed by atoms with van der Waals surface area (Å²) in [6, 6.07) is 10.6. The number of hydrogen-bond acceptors (Lipinski definition) is 2. The average molecular weight is 399 g/mol. The van der Waals surface area contributed by atoms with Crippen molar-refractivity contribution in [1.82, 2.24) is 0 Å². The molecule has 1 saturated carbocycles. The van der Waals surface area contributed by atoms with Gasteiger partial charge < -0.3 is 4.74 Å². The van der Waals surface area contributed by atoms with Crippen LogP contribution in [-0.2, 0) is 9.53 Å². The first kappa shape index (κ1) is 19.4. The van der Waals surface area contributed by atoms with Crippen LogP contribution in [0.15, 0.2) is 42.5 Å². The van der Waals surface area contributed by atoms with Crippen molar-refractivity contribution in [2.45, 2.75) is 57.7 Å². The minimum Gasteiger partial charge on any atom is -0.357 e. The normalized spacial score (nSPS) is 20.8. The van der Waals surface area contributed by atoms with Gasteiger partial charge in [0.1, 0.15) is 11.4 Å². The van der Waals surface area contributed by atoms with Crippen LogP contribution in [0, 0.1) is 5.82 Å². The fourth-order valence-electron chi connectivity index (χ4n) is 4.10. The molecule has 0 N–H and O–H groups in total. The van der Waals surface area contributed by atoms with E-state index < -0.39 is 11.2 Å². The minimum absolute atomic E-state index is 0.0394. The zero-order valence-electron chi connectivity index (χ0n) is 16.6. The van der Waals surface area contributed by atoms with Crippen molar-refractivity contribution in [2.75, 3.05) is 0 Å². The molecule has 1 aliphatic carbocycles. The molecule has 28 heavy (non-hydrogen) atoms. The Kier molecular flexibility index (Phi) is 4.52. The Morgan fingerprint density at radius 2 is 1.75 bits per heavy atom. The molecule has 1 heterocycles. The third-order valence-electron chi connectivity index (χ3n) is 5.40. The zero-order chi connectivity index (χ0) is 20.3. The second kappa shape index (κ2) is 6.53. The maximum absolute atomic E-state index is 14.5. The molecular formula is C24H24ClFO2. The monoisotopic (exact) mass is 398 g/mol. The lowest BCUT2D eigenvalue weighted by atomic mass is 9.81. The van der Waals surface area contributed by atoms with Crippen molar-refractivity contribution < 1.29 is 13.9 Å². The summed E-state index contributed by atoms with van der Waals surface area (Å²) in [7, 11) is 0. The first-order chi connectivity index (χ1) is 13.1. The van der Waals surface area contributed by atoms with Gasteiger partial charge in [0.05, 0.1) is 5.60 Å². The quantitative estimate of drug-likeness (QED) is 0.584. The molecule has 1 aliphatic heterocycles. The molecular weight excluding hydrogens is 375 g/mol. The number of halogens is 2. The summed E-state index contributed by atoms with van der Waals surface area (Å²) in [5, 5.41) is 0.363. The molecule has 146 valence electrons. The van der Waals surface area contributed by atoms with Crippen LogP contribution in [0.4, 0.5) is 4.39 Å². The lowest BCUT2D eigenvalue weighted by Gasteiger charge is -2.39. The molecule has 4 heteroatoms. The fourth-order valence-corrected chi connectivity index (χ4v) is 4.26. The van der Waals surface area contributed by atoms with Crippen molar-refractivity contribution in [3.8, 4) is 11.1 Å². The number of rotatable bonds is 3. The van der Waals surface area contributed by atoms with E-state index in [2.05, 4.69) is 0 Å². The number of carbonyl (C=O) groups is 1. The van der Waals surface area contributed by atoms with Gasteiger partial charge in [0, 0.05) is 16.2 Å². The van der Waals surface area contributed by atoms with Crippen LogP contribution in [0.5, 0.6) is 0 Å². The van der Waals surface area contributed by atoms with E-state index in [-0.39, 0.29) is 11.6 Å². The van der Waals surface area contributed by atoms with Gasteiger partial charge in [-0.05, 0) is 93.5 Å². The van der Waals surface area contributed by atoms with E-state index in [1.807, 2.05) is 52.0 Å². The molecule has 2 nitrogen and oxygen atoms in total. The van der Waals surface area contributed by atoms with Gasteiger partial charge in [0.2, 0.25) is 0 Å². The van der Waals surface area contributed by atoms with Crippen LogP contribution in [0.25, 0.3) is 16.7 Å². The van der Waals surface area contributed by atoms with Gasteiger partial charge in [-0.25, -0.2) is 4.39 Å². The number of benzene rings is 2. The van der Waals surface area contributed by atoms with Crippen molar-refractivity contribution >= 4 is 23.0 Å². The number of carbonyl (C=O) groups excluding carboxylic acids is 1. The fraction of sp³-hybridized carbons (Fsp3) is 0.375.